The number of amides is 1. The number of ketones is 1. The Morgan fingerprint density at radius 3 is 2.54 bits per heavy atom. The van der Waals surface area contributed by atoms with Gasteiger partial charge in [0, 0.05) is 34.0 Å². The number of esters is 1. The third kappa shape index (κ3) is 3.67. The minimum absolute atomic E-state index is 0.0172. The van der Waals surface area contributed by atoms with E-state index in [2.05, 4.69) is 5.32 Å². The highest BCUT2D eigenvalue weighted by Gasteiger charge is 2.63. The van der Waals surface area contributed by atoms with Gasteiger partial charge in [-0.3, -0.25) is 14.5 Å². The van der Waals surface area contributed by atoms with Gasteiger partial charge >= 0.3 is 5.97 Å². The molecule has 5 rings (SSSR count). The molecular weight excluding hydrogens is 513 g/mol. The van der Waals surface area contributed by atoms with Gasteiger partial charge in [0.15, 0.2) is 5.78 Å². The number of anilines is 2. The van der Waals surface area contributed by atoms with E-state index in [1.165, 1.54) is 0 Å². The number of carbonyl (C=O) groups is 3. The van der Waals surface area contributed by atoms with Crippen molar-refractivity contribution in [3.8, 4) is 0 Å². The van der Waals surface area contributed by atoms with Crippen molar-refractivity contribution in [2.75, 3.05) is 16.8 Å². The van der Waals surface area contributed by atoms with Crippen LogP contribution < -0.4 is 16.0 Å². The first-order valence-electron chi connectivity index (χ1n) is 12.0. The summed E-state index contributed by atoms with van der Waals surface area (Å²) in [4.78, 5) is 43.4. The molecule has 2 aromatic carbocycles. The van der Waals surface area contributed by atoms with Gasteiger partial charge in [0.1, 0.15) is 16.8 Å². The number of benzene rings is 2. The molecule has 192 valence electrons. The van der Waals surface area contributed by atoms with Crippen LogP contribution >= 0.6 is 23.2 Å². The number of ether oxygens (including phenoxy) is 1. The fraction of sp³-hybridized carbons (Fsp3) is 0.321. The van der Waals surface area contributed by atoms with E-state index in [1.807, 2.05) is 26.8 Å². The lowest BCUT2D eigenvalue weighted by Gasteiger charge is -2.47. The van der Waals surface area contributed by atoms with Crippen LogP contribution in [-0.4, -0.2) is 24.3 Å². The number of Topliss-reactive ketones (excluding diaryl/α,β-unsaturated/α-hetero) is 1. The van der Waals surface area contributed by atoms with E-state index in [-0.39, 0.29) is 35.8 Å². The normalized spacial score (nSPS) is 22.3. The van der Waals surface area contributed by atoms with Crippen LogP contribution in [0.25, 0.3) is 0 Å². The second-order valence-electron chi connectivity index (χ2n) is 10.4. The maximum Gasteiger partial charge on any atom is 0.339 e. The van der Waals surface area contributed by atoms with Gasteiger partial charge in [0.05, 0.1) is 17.3 Å². The minimum atomic E-state index is -1.81. The van der Waals surface area contributed by atoms with Crippen molar-refractivity contribution in [3.63, 3.8) is 0 Å². The molecule has 0 radical (unpaired) electrons. The lowest BCUT2D eigenvalue weighted by Crippen LogP contribution is -2.54. The first-order valence-corrected chi connectivity index (χ1v) is 12.8. The highest BCUT2D eigenvalue weighted by atomic mass is 35.5. The molecule has 1 amide bonds. The van der Waals surface area contributed by atoms with Crippen LogP contribution in [0, 0.1) is 12.3 Å². The number of hydrogen-bond acceptors (Lipinski definition) is 6. The molecule has 7 nitrogen and oxygen atoms in total. The first kappa shape index (κ1) is 25.4. The van der Waals surface area contributed by atoms with Crippen molar-refractivity contribution in [1.82, 2.24) is 0 Å². The van der Waals surface area contributed by atoms with Crippen molar-refractivity contribution in [2.45, 2.75) is 46.0 Å². The summed E-state index contributed by atoms with van der Waals surface area (Å²) in [6, 6.07) is 10.3. The Kier molecular flexibility index (Phi) is 5.92. The molecule has 0 aromatic heterocycles. The molecule has 1 spiro atoms. The van der Waals surface area contributed by atoms with E-state index in [4.69, 9.17) is 33.7 Å². The topological polar surface area (TPSA) is 102 Å². The Morgan fingerprint density at radius 2 is 1.86 bits per heavy atom. The van der Waals surface area contributed by atoms with Crippen LogP contribution in [0.15, 0.2) is 59.1 Å². The molecule has 9 heteroatoms. The number of nitrogens with two attached hydrogens (primary N) is 1. The number of nitrogens with zero attached hydrogens (tertiary/aromatic N) is 1. The van der Waals surface area contributed by atoms with Gasteiger partial charge < -0.3 is 15.8 Å². The van der Waals surface area contributed by atoms with Crippen molar-refractivity contribution in [3.05, 3.63) is 80.2 Å². The molecule has 0 saturated carbocycles. The second kappa shape index (κ2) is 8.64. The van der Waals surface area contributed by atoms with Gasteiger partial charge in [0.2, 0.25) is 5.91 Å². The van der Waals surface area contributed by atoms with E-state index in [0.717, 1.165) is 5.56 Å². The highest BCUT2D eigenvalue weighted by molar-refractivity contribution is 6.34. The zero-order chi connectivity index (χ0) is 26.9. The minimum Gasteiger partial charge on any atom is -0.462 e. The SMILES string of the molecule is CCOC(=O)C1=C(N)N(c2ccc(C)cc2Cl)C2=C(C(=O)CC(C)(C)C2)C12C(=O)Nc1ccc(Cl)cc12. The number of halogens is 2. The quantitative estimate of drug-likeness (QED) is 0.507. The van der Waals surface area contributed by atoms with Crippen LogP contribution in [0.5, 0.6) is 0 Å². The van der Waals surface area contributed by atoms with E-state index in [9.17, 15) is 14.4 Å². The summed E-state index contributed by atoms with van der Waals surface area (Å²) < 4.78 is 5.44. The van der Waals surface area contributed by atoms with Gasteiger partial charge in [-0.1, -0.05) is 43.1 Å². The fourth-order valence-corrected chi connectivity index (χ4v) is 6.27. The van der Waals surface area contributed by atoms with Gasteiger partial charge in [-0.2, -0.15) is 0 Å². The molecule has 2 heterocycles. The molecule has 0 bridgehead atoms. The van der Waals surface area contributed by atoms with Crippen molar-refractivity contribution < 1.29 is 19.1 Å². The molecule has 2 aromatic rings. The third-order valence-corrected chi connectivity index (χ3v) is 7.71. The average molecular weight is 540 g/mol. The van der Waals surface area contributed by atoms with E-state index in [0.29, 0.717) is 39.1 Å². The number of hydrogen-bond donors (Lipinski definition) is 2. The van der Waals surface area contributed by atoms with E-state index < -0.39 is 22.7 Å². The summed E-state index contributed by atoms with van der Waals surface area (Å²) in [6.45, 7) is 7.59. The van der Waals surface area contributed by atoms with E-state index >= 15 is 0 Å². The number of rotatable bonds is 3. The largest absolute Gasteiger partial charge is 0.462 e. The molecule has 3 N–H and O–H groups in total. The van der Waals surface area contributed by atoms with Crippen molar-refractivity contribution >= 4 is 52.2 Å². The first-order chi connectivity index (χ1) is 17.4. The van der Waals surface area contributed by atoms with Gasteiger partial charge in [0.25, 0.3) is 0 Å². The molecular formula is C28H27Cl2N3O4. The Morgan fingerprint density at radius 1 is 1.14 bits per heavy atom. The van der Waals surface area contributed by atoms with Crippen LogP contribution in [0.1, 0.15) is 44.7 Å². The zero-order valence-corrected chi connectivity index (χ0v) is 22.5. The predicted octanol–water partition coefficient (Wildman–Crippen LogP) is 5.39. The van der Waals surface area contributed by atoms with E-state index in [1.54, 1.807) is 42.2 Å². The molecule has 1 atom stereocenters. The molecule has 1 aliphatic carbocycles. The highest BCUT2D eigenvalue weighted by Crippen LogP contribution is 2.58. The fourth-order valence-electron chi connectivity index (χ4n) is 5.78. The number of carbonyl (C=O) groups excluding carboxylic acids is 3. The Labute approximate surface area is 225 Å². The Balaban J connectivity index is 1.94. The Hall–Kier alpha value is -3.29. The van der Waals surface area contributed by atoms with Crippen molar-refractivity contribution in [1.29, 1.82) is 0 Å². The molecule has 1 unspecified atom stereocenters. The number of aryl methyl sites for hydroxylation is 1. The standard InChI is InChI=1S/C28H27Cl2N3O4/c1-5-37-25(35)23-24(31)33(19-9-6-14(2)10-17(19)30)20-12-27(3,4)13-21(34)22(20)28(23)16-11-15(29)7-8-18(16)32-26(28)36/h6-11H,5,12-13,31H2,1-4H3,(H,32,36). The molecule has 2 aliphatic heterocycles. The van der Waals surface area contributed by atoms with Crippen LogP contribution in [-0.2, 0) is 24.5 Å². The lowest BCUT2D eigenvalue weighted by atomic mass is 9.60. The maximum atomic E-state index is 14.0. The maximum absolute atomic E-state index is 14.0. The van der Waals surface area contributed by atoms with Gasteiger partial charge in [-0.15, -0.1) is 0 Å². The number of fused-ring (bicyclic) bond motifs is 3. The molecule has 3 aliphatic rings. The average Bonchev–Trinajstić information content (AvgIpc) is 3.05. The van der Waals surface area contributed by atoms with Crippen molar-refractivity contribution in [2.24, 2.45) is 11.1 Å². The summed E-state index contributed by atoms with van der Waals surface area (Å²) in [5, 5.41) is 3.60. The lowest BCUT2D eigenvalue weighted by molar-refractivity contribution is -0.140. The van der Waals surface area contributed by atoms with Crippen LogP contribution in [0.4, 0.5) is 11.4 Å². The zero-order valence-electron chi connectivity index (χ0n) is 21.0. The summed E-state index contributed by atoms with van der Waals surface area (Å²) >= 11 is 13.1. The summed E-state index contributed by atoms with van der Waals surface area (Å²) in [5.41, 5.74) is 7.47. The number of nitrogens with one attached hydrogen (secondary N) is 1. The van der Waals surface area contributed by atoms with Gasteiger partial charge in [-0.05, 0) is 61.6 Å². The second-order valence-corrected chi connectivity index (χ2v) is 11.3. The monoisotopic (exact) mass is 539 g/mol. The van der Waals surface area contributed by atoms with Crippen LogP contribution in [0.3, 0.4) is 0 Å². The van der Waals surface area contributed by atoms with Crippen LogP contribution in [0.2, 0.25) is 10.0 Å². The number of allylic oxidation sites excluding steroid dienone is 1. The summed E-state index contributed by atoms with van der Waals surface area (Å²) in [7, 11) is 0. The Bertz CT molecular complexity index is 1460. The third-order valence-electron chi connectivity index (χ3n) is 7.17. The summed E-state index contributed by atoms with van der Waals surface area (Å²) in [6.07, 6.45) is 0.599. The molecule has 0 fully saturated rings. The summed E-state index contributed by atoms with van der Waals surface area (Å²) in [5.74, 6) is -1.61. The predicted molar refractivity (Wildman–Crippen MR) is 143 cm³/mol. The molecule has 37 heavy (non-hydrogen) atoms. The van der Waals surface area contributed by atoms with Gasteiger partial charge in [-0.25, -0.2) is 4.79 Å². The smallest absolute Gasteiger partial charge is 0.339 e. The molecule has 0 saturated heterocycles.